The number of methoxy groups -OCH3 is 3. The molecule has 4 aromatic carbocycles. The first kappa shape index (κ1) is 31.6. The zero-order chi connectivity index (χ0) is 32.6. The van der Waals surface area contributed by atoms with Gasteiger partial charge in [-0.15, -0.1) is 0 Å². The molecule has 2 aliphatic rings. The van der Waals surface area contributed by atoms with Crippen molar-refractivity contribution >= 4 is 0 Å². The molecule has 0 unspecified atom stereocenters. The molecule has 0 fully saturated rings. The summed E-state index contributed by atoms with van der Waals surface area (Å²) in [6, 6.07) is 21.9. The highest BCUT2D eigenvalue weighted by atomic mass is 16.5. The van der Waals surface area contributed by atoms with E-state index in [0.29, 0.717) is 35.3 Å². The molecule has 3 atom stereocenters. The average molecular weight is 624 g/mol. The normalized spacial score (nSPS) is 20.8. The van der Waals surface area contributed by atoms with Crippen LogP contribution in [0.1, 0.15) is 59.7 Å². The lowest BCUT2D eigenvalue weighted by atomic mass is 9.62. The van der Waals surface area contributed by atoms with Crippen molar-refractivity contribution in [3.8, 4) is 40.2 Å². The van der Waals surface area contributed by atoms with Crippen LogP contribution in [0, 0.1) is 5.92 Å². The molecule has 46 heavy (non-hydrogen) atoms. The van der Waals surface area contributed by atoms with Gasteiger partial charge in [0.1, 0.15) is 5.75 Å². The molecule has 7 nitrogen and oxygen atoms in total. The number of hydrogen-bond donors (Lipinski definition) is 2. The Morgan fingerprint density at radius 3 is 2.20 bits per heavy atom. The first-order valence-electron chi connectivity index (χ1n) is 16.1. The standard InChI is InChI=1S/C39H45NO6/c1-24-7-11-28-20-37(45-6)38(22-31(28)39(24,2)23-25-8-12-29(43-4)13-9-25)46-36-18-26(10-14-33(36)41)17-32-30-21-34(42)35(44-5)19-27(30)15-16-40(32)3/h8-10,12-14,18-22,24,32,41-42H,7,11,15-17,23H2,1-6H3/t24-,32-,39-/m0/s1. The van der Waals surface area contributed by atoms with E-state index in [2.05, 4.69) is 50.1 Å². The molecule has 1 aliphatic carbocycles. The van der Waals surface area contributed by atoms with E-state index >= 15 is 0 Å². The van der Waals surface area contributed by atoms with Gasteiger partial charge in [0.2, 0.25) is 0 Å². The second-order valence-electron chi connectivity index (χ2n) is 13.1. The summed E-state index contributed by atoms with van der Waals surface area (Å²) in [5.41, 5.74) is 6.95. The summed E-state index contributed by atoms with van der Waals surface area (Å²) in [5.74, 6) is 3.63. The highest BCUT2D eigenvalue weighted by Crippen LogP contribution is 2.49. The summed E-state index contributed by atoms with van der Waals surface area (Å²) in [7, 11) is 7.03. The van der Waals surface area contributed by atoms with Gasteiger partial charge in [0.25, 0.3) is 0 Å². The molecule has 1 aliphatic heterocycles. The van der Waals surface area contributed by atoms with Crippen molar-refractivity contribution in [1.82, 2.24) is 4.90 Å². The van der Waals surface area contributed by atoms with Crippen LogP contribution >= 0.6 is 0 Å². The zero-order valence-corrected chi connectivity index (χ0v) is 27.7. The Hall–Kier alpha value is -4.36. The van der Waals surface area contributed by atoms with Gasteiger partial charge >= 0.3 is 0 Å². The van der Waals surface area contributed by atoms with Crippen LogP contribution < -0.4 is 18.9 Å². The van der Waals surface area contributed by atoms with Gasteiger partial charge in [-0.2, -0.15) is 0 Å². The maximum absolute atomic E-state index is 11.0. The first-order valence-corrected chi connectivity index (χ1v) is 16.1. The molecule has 0 radical (unpaired) electrons. The Morgan fingerprint density at radius 1 is 0.761 bits per heavy atom. The molecule has 7 heteroatoms. The maximum atomic E-state index is 11.0. The third-order valence-electron chi connectivity index (χ3n) is 10.4. The van der Waals surface area contributed by atoms with E-state index in [1.165, 1.54) is 22.3 Å². The summed E-state index contributed by atoms with van der Waals surface area (Å²) in [6.07, 6.45) is 4.52. The van der Waals surface area contributed by atoms with Gasteiger partial charge in [-0.25, -0.2) is 0 Å². The van der Waals surface area contributed by atoms with Crippen LogP contribution in [0.15, 0.2) is 66.7 Å². The number of likely N-dealkylation sites (N-methyl/N-ethyl adjacent to an activating group) is 1. The van der Waals surface area contributed by atoms with Crippen LogP contribution in [0.3, 0.4) is 0 Å². The monoisotopic (exact) mass is 623 g/mol. The predicted octanol–water partition coefficient (Wildman–Crippen LogP) is 7.77. The summed E-state index contributed by atoms with van der Waals surface area (Å²) in [6.45, 7) is 5.58. The number of benzene rings is 4. The van der Waals surface area contributed by atoms with Crippen LogP contribution in [0.5, 0.6) is 40.2 Å². The molecule has 0 saturated heterocycles. The molecule has 1 heterocycles. The van der Waals surface area contributed by atoms with E-state index in [-0.39, 0.29) is 23.0 Å². The number of ether oxygens (including phenoxy) is 4. The highest BCUT2D eigenvalue weighted by molar-refractivity contribution is 5.55. The lowest BCUT2D eigenvalue weighted by Gasteiger charge is -2.42. The quantitative estimate of drug-likeness (QED) is 0.197. The number of nitrogens with zero attached hydrogens (tertiary/aromatic N) is 1. The van der Waals surface area contributed by atoms with E-state index in [0.717, 1.165) is 49.1 Å². The summed E-state index contributed by atoms with van der Waals surface area (Å²) >= 11 is 0. The zero-order valence-electron chi connectivity index (χ0n) is 27.7. The number of phenolic OH excluding ortho intramolecular Hbond substituents is 2. The van der Waals surface area contributed by atoms with Gasteiger partial charge in [-0.3, -0.25) is 4.90 Å². The molecule has 242 valence electrons. The number of rotatable bonds is 9. The van der Waals surface area contributed by atoms with Gasteiger partial charge in [-0.1, -0.05) is 32.0 Å². The largest absolute Gasteiger partial charge is 0.504 e. The summed E-state index contributed by atoms with van der Waals surface area (Å²) < 4.78 is 23.1. The number of aryl methyl sites for hydroxylation is 1. The van der Waals surface area contributed by atoms with Gasteiger partial charge in [-0.05, 0) is 132 Å². The molecule has 0 bridgehead atoms. The smallest absolute Gasteiger partial charge is 0.169 e. The molecule has 4 aromatic rings. The van der Waals surface area contributed by atoms with Gasteiger partial charge in [0, 0.05) is 12.6 Å². The number of phenols is 2. The van der Waals surface area contributed by atoms with E-state index in [1.807, 2.05) is 36.4 Å². The third-order valence-corrected chi connectivity index (χ3v) is 10.4. The van der Waals surface area contributed by atoms with Crippen LogP contribution in [0.2, 0.25) is 0 Å². The molecule has 0 spiro atoms. The van der Waals surface area contributed by atoms with E-state index in [9.17, 15) is 10.2 Å². The summed E-state index contributed by atoms with van der Waals surface area (Å²) in [5, 5.41) is 21.5. The van der Waals surface area contributed by atoms with Gasteiger partial charge in [0.05, 0.1) is 21.3 Å². The second-order valence-corrected chi connectivity index (χ2v) is 13.1. The molecule has 0 aromatic heterocycles. The molecule has 6 rings (SSSR count). The SMILES string of the molecule is COc1ccc(C[C@]2(C)c3cc(Oc4cc(C[C@H]5c6cc(O)c(OC)cc6CCN5C)ccc4O)c(OC)cc3CC[C@@H]2C)cc1. The first-order chi connectivity index (χ1) is 22.1. The number of hydrogen-bond acceptors (Lipinski definition) is 7. The van der Waals surface area contributed by atoms with Crippen molar-refractivity contribution in [2.24, 2.45) is 5.92 Å². The second kappa shape index (κ2) is 12.8. The molecule has 0 saturated carbocycles. The van der Waals surface area contributed by atoms with Crippen LogP contribution in [0.25, 0.3) is 0 Å². The molecular weight excluding hydrogens is 578 g/mol. The average Bonchev–Trinajstić information content (AvgIpc) is 3.06. The van der Waals surface area contributed by atoms with Crippen molar-refractivity contribution in [2.75, 3.05) is 34.9 Å². The van der Waals surface area contributed by atoms with Crippen molar-refractivity contribution in [1.29, 1.82) is 0 Å². The minimum Gasteiger partial charge on any atom is -0.504 e. The highest BCUT2D eigenvalue weighted by Gasteiger charge is 2.39. The maximum Gasteiger partial charge on any atom is 0.169 e. The Balaban J connectivity index is 1.32. The van der Waals surface area contributed by atoms with Crippen molar-refractivity contribution < 1.29 is 29.2 Å². The van der Waals surface area contributed by atoms with Crippen LogP contribution in [0.4, 0.5) is 0 Å². The van der Waals surface area contributed by atoms with Crippen LogP contribution in [-0.2, 0) is 31.1 Å². The Kier molecular flexibility index (Phi) is 8.80. The van der Waals surface area contributed by atoms with Crippen molar-refractivity contribution in [3.63, 3.8) is 0 Å². The van der Waals surface area contributed by atoms with Gasteiger partial charge in [0.15, 0.2) is 34.5 Å². The topological polar surface area (TPSA) is 80.6 Å². The summed E-state index contributed by atoms with van der Waals surface area (Å²) in [4.78, 5) is 2.30. The lowest BCUT2D eigenvalue weighted by molar-refractivity contribution is 0.228. The minimum atomic E-state index is -0.121. The van der Waals surface area contributed by atoms with Crippen molar-refractivity contribution in [2.45, 2.75) is 57.4 Å². The number of aromatic hydroxyl groups is 2. The fraction of sp³-hybridized carbons (Fsp3) is 0.385. The third kappa shape index (κ3) is 5.96. The fourth-order valence-electron chi connectivity index (χ4n) is 7.35. The van der Waals surface area contributed by atoms with Crippen molar-refractivity contribution in [3.05, 3.63) is 100 Å². The molecular formula is C39H45NO6. The predicted molar refractivity (Wildman–Crippen MR) is 180 cm³/mol. The van der Waals surface area contributed by atoms with Gasteiger partial charge < -0.3 is 29.2 Å². The number of fused-ring (bicyclic) bond motifs is 2. The molecule has 0 amide bonds. The lowest BCUT2D eigenvalue weighted by Crippen LogP contribution is -2.37. The van der Waals surface area contributed by atoms with E-state index in [4.69, 9.17) is 18.9 Å². The Morgan fingerprint density at radius 2 is 1.48 bits per heavy atom. The molecule has 2 N–H and O–H groups in total. The minimum absolute atomic E-state index is 0.0522. The van der Waals surface area contributed by atoms with E-state index < -0.39 is 0 Å². The van der Waals surface area contributed by atoms with E-state index in [1.54, 1.807) is 27.4 Å². The Bertz CT molecular complexity index is 1720. The Labute approximate surface area is 272 Å². The fourth-order valence-corrected chi connectivity index (χ4v) is 7.35. The van der Waals surface area contributed by atoms with Crippen LogP contribution in [-0.4, -0.2) is 50.0 Å².